The highest BCUT2D eigenvalue weighted by molar-refractivity contribution is 5.11. The van der Waals surface area contributed by atoms with Crippen molar-refractivity contribution in [3.05, 3.63) is 42.1 Å². The zero-order valence-corrected chi connectivity index (χ0v) is 11.8. The Balaban J connectivity index is 1.97. The molecule has 0 saturated heterocycles. The average molecular weight is 261 g/mol. The van der Waals surface area contributed by atoms with E-state index in [9.17, 15) is 0 Å². The van der Waals surface area contributed by atoms with Crippen molar-refractivity contribution in [3.63, 3.8) is 0 Å². The number of rotatable bonds is 8. The third-order valence-electron chi connectivity index (χ3n) is 3.22. The Morgan fingerprint density at radius 1 is 1.42 bits per heavy atom. The molecule has 2 heterocycles. The SMILES string of the molecule is CCCn1cc(C(CCc2ccco2)NCC)cn1. The minimum atomic E-state index is 0.348. The second-order valence-corrected chi connectivity index (χ2v) is 4.77. The molecule has 104 valence electrons. The summed E-state index contributed by atoms with van der Waals surface area (Å²) in [6.07, 6.45) is 8.95. The van der Waals surface area contributed by atoms with Gasteiger partial charge in [0.05, 0.1) is 12.5 Å². The van der Waals surface area contributed by atoms with Crippen LogP contribution < -0.4 is 5.32 Å². The lowest BCUT2D eigenvalue weighted by Gasteiger charge is -2.15. The van der Waals surface area contributed by atoms with Gasteiger partial charge in [-0.3, -0.25) is 4.68 Å². The summed E-state index contributed by atoms with van der Waals surface area (Å²) in [4.78, 5) is 0. The van der Waals surface area contributed by atoms with Crippen molar-refractivity contribution in [1.29, 1.82) is 0 Å². The minimum Gasteiger partial charge on any atom is -0.469 e. The lowest BCUT2D eigenvalue weighted by molar-refractivity contribution is 0.458. The zero-order chi connectivity index (χ0) is 13.5. The zero-order valence-electron chi connectivity index (χ0n) is 11.8. The van der Waals surface area contributed by atoms with Crippen molar-refractivity contribution in [1.82, 2.24) is 15.1 Å². The topological polar surface area (TPSA) is 43.0 Å². The summed E-state index contributed by atoms with van der Waals surface area (Å²) in [6, 6.07) is 4.32. The molecular weight excluding hydrogens is 238 g/mol. The summed E-state index contributed by atoms with van der Waals surface area (Å²) in [5.74, 6) is 1.05. The van der Waals surface area contributed by atoms with Crippen LogP contribution in [0.4, 0.5) is 0 Å². The van der Waals surface area contributed by atoms with Gasteiger partial charge in [-0.2, -0.15) is 5.10 Å². The smallest absolute Gasteiger partial charge is 0.103 e. The largest absolute Gasteiger partial charge is 0.469 e. The van der Waals surface area contributed by atoms with Crippen LogP contribution in [0.15, 0.2) is 35.2 Å². The van der Waals surface area contributed by atoms with Gasteiger partial charge in [-0.15, -0.1) is 0 Å². The summed E-state index contributed by atoms with van der Waals surface area (Å²) in [5, 5.41) is 7.93. The second-order valence-electron chi connectivity index (χ2n) is 4.77. The quantitative estimate of drug-likeness (QED) is 0.793. The highest BCUT2D eigenvalue weighted by atomic mass is 16.3. The Bertz CT molecular complexity index is 461. The van der Waals surface area contributed by atoms with E-state index in [2.05, 4.69) is 30.5 Å². The maximum atomic E-state index is 5.39. The highest BCUT2D eigenvalue weighted by Gasteiger charge is 2.13. The van der Waals surface area contributed by atoms with Crippen molar-refractivity contribution in [2.45, 2.75) is 45.7 Å². The molecule has 2 aromatic rings. The van der Waals surface area contributed by atoms with Gasteiger partial charge < -0.3 is 9.73 Å². The molecule has 0 saturated carbocycles. The van der Waals surface area contributed by atoms with Crippen molar-refractivity contribution in [2.24, 2.45) is 0 Å². The van der Waals surface area contributed by atoms with Crippen LogP contribution in [0.3, 0.4) is 0 Å². The van der Waals surface area contributed by atoms with Crippen LogP contribution in [0.25, 0.3) is 0 Å². The summed E-state index contributed by atoms with van der Waals surface area (Å²) < 4.78 is 7.41. The monoisotopic (exact) mass is 261 g/mol. The molecule has 0 aromatic carbocycles. The highest BCUT2D eigenvalue weighted by Crippen LogP contribution is 2.19. The van der Waals surface area contributed by atoms with Gasteiger partial charge in [0, 0.05) is 30.8 Å². The molecular formula is C15H23N3O. The number of nitrogens with one attached hydrogen (secondary N) is 1. The summed E-state index contributed by atoms with van der Waals surface area (Å²) in [7, 11) is 0. The molecule has 0 aliphatic carbocycles. The molecule has 4 heteroatoms. The van der Waals surface area contributed by atoms with E-state index in [1.807, 2.05) is 23.0 Å². The van der Waals surface area contributed by atoms with Crippen LogP contribution in [-0.2, 0) is 13.0 Å². The molecule has 0 spiro atoms. The van der Waals surface area contributed by atoms with E-state index in [0.29, 0.717) is 6.04 Å². The normalized spacial score (nSPS) is 12.7. The summed E-state index contributed by atoms with van der Waals surface area (Å²) >= 11 is 0. The van der Waals surface area contributed by atoms with Gasteiger partial charge in [0.1, 0.15) is 5.76 Å². The van der Waals surface area contributed by atoms with E-state index >= 15 is 0 Å². The first-order valence-electron chi connectivity index (χ1n) is 7.11. The van der Waals surface area contributed by atoms with E-state index in [0.717, 1.165) is 38.1 Å². The van der Waals surface area contributed by atoms with E-state index in [1.54, 1.807) is 6.26 Å². The third-order valence-corrected chi connectivity index (χ3v) is 3.22. The van der Waals surface area contributed by atoms with Gasteiger partial charge in [-0.05, 0) is 31.5 Å². The maximum Gasteiger partial charge on any atom is 0.103 e. The van der Waals surface area contributed by atoms with Gasteiger partial charge in [-0.1, -0.05) is 13.8 Å². The molecule has 0 aliphatic heterocycles. The number of aromatic nitrogens is 2. The average Bonchev–Trinajstić information content (AvgIpc) is 3.06. The lowest BCUT2D eigenvalue weighted by atomic mass is 10.0. The minimum absolute atomic E-state index is 0.348. The Labute approximate surface area is 114 Å². The summed E-state index contributed by atoms with van der Waals surface area (Å²) in [6.45, 7) is 6.25. The van der Waals surface area contributed by atoms with Crippen molar-refractivity contribution in [2.75, 3.05) is 6.54 Å². The fourth-order valence-corrected chi connectivity index (χ4v) is 2.29. The fourth-order valence-electron chi connectivity index (χ4n) is 2.29. The first kappa shape index (κ1) is 13.9. The third kappa shape index (κ3) is 3.96. The number of hydrogen-bond donors (Lipinski definition) is 1. The van der Waals surface area contributed by atoms with Crippen LogP contribution in [0.2, 0.25) is 0 Å². The molecule has 4 nitrogen and oxygen atoms in total. The second kappa shape index (κ2) is 7.14. The molecule has 0 bridgehead atoms. The van der Waals surface area contributed by atoms with Gasteiger partial charge in [0.2, 0.25) is 0 Å². The standard InChI is InChI=1S/C15H23N3O/c1-3-9-18-12-13(11-17-18)15(16-4-2)8-7-14-6-5-10-19-14/h5-6,10-12,15-16H,3-4,7-9H2,1-2H3. The first-order chi connectivity index (χ1) is 9.33. The van der Waals surface area contributed by atoms with Crippen LogP contribution in [0.1, 0.15) is 44.1 Å². The van der Waals surface area contributed by atoms with Crippen molar-refractivity contribution >= 4 is 0 Å². The fraction of sp³-hybridized carbons (Fsp3) is 0.533. The number of furan rings is 1. The van der Waals surface area contributed by atoms with Crippen molar-refractivity contribution < 1.29 is 4.42 Å². The van der Waals surface area contributed by atoms with Gasteiger partial charge in [0.25, 0.3) is 0 Å². The van der Waals surface area contributed by atoms with E-state index in [4.69, 9.17) is 4.42 Å². The maximum absolute atomic E-state index is 5.39. The van der Waals surface area contributed by atoms with Crippen LogP contribution >= 0.6 is 0 Å². The Hall–Kier alpha value is -1.55. The van der Waals surface area contributed by atoms with Crippen LogP contribution in [0, 0.1) is 0 Å². The number of nitrogens with zero attached hydrogens (tertiary/aromatic N) is 2. The Kier molecular flexibility index (Phi) is 5.21. The van der Waals surface area contributed by atoms with Gasteiger partial charge >= 0.3 is 0 Å². The van der Waals surface area contributed by atoms with Gasteiger partial charge in [0.15, 0.2) is 0 Å². The molecule has 0 fully saturated rings. The Morgan fingerprint density at radius 2 is 2.32 bits per heavy atom. The molecule has 1 unspecified atom stereocenters. The molecule has 0 amide bonds. The van der Waals surface area contributed by atoms with E-state index < -0.39 is 0 Å². The molecule has 19 heavy (non-hydrogen) atoms. The predicted octanol–water partition coefficient (Wildman–Crippen LogP) is 3.17. The first-order valence-corrected chi connectivity index (χ1v) is 7.11. The van der Waals surface area contributed by atoms with Crippen molar-refractivity contribution in [3.8, 4) is 0 Å². The Morgan fingerprint density at radius 3 is 3.00 bits per heavy atom. The summed E-state index contributed by atoms with van der Waals surface area (Å²) in [5.41, 5.74) is 1.27. The van der Waals surface area contributed by atoms with E-state index in [-0.39, 0.29) is 0 Å². The number of aryl methyl sites for hydroxylation is 2. The molecule has 1 N–H and O–H groups in total. The van der Waals surface area contributed by atoms with Gasteiger partial charge in [-0.25, -0.2) is 0 Å². The molecule has 0 radical (unpaired) electrons. The predicted molar refractivity (Wildman–Crippen MR) is 76.0 cm³/mol. The molecule has 2 rings (SSSR count). The van der Waals surface area contributed by atoms with Crippen LogP contribution in [0.5, 0.6) is 0 Å². The molecule has 2 aromatic heterocycles. The number of hydrogen-bond acceptors (Lipinski definition) is 3. The van der Waals surface area contributed by atoms with E-state index in [1.165, 1.54) is 5.56 Å². The molecule has 0 aliphatic rings. The van der Waals surface area contributed by atoms with Crippen LogP contribution in [-0.4, -0.2) is 16.3 Å². The lowest BCUT2D eigenvalue weighted by Crippen LogP contribution is -2.21. The molecule has 1 atom stereocenters.